The molecule has 0 aliphatic heterocycles. The van der Waals surface area contributed by atoms with E-state index in [2.05, 4.69) is 4.99 Å². The largest absolute Gasteiger partial charge is 0.270 e. The number of nitro benzene ring substituents is 1. The first-order chi connectivity index (χ1) is 9.49. The van der Waals surface area contributed by atoms with Gasteiger partial charge < -0.3 is 0 Å². The number of aryl methyl sites for hydroxylation is 2. The fourth-order valence-corrected chi connectivity index (χ4v) is 2.06. The topological polar surface area (TPSA) is 55.5 Å². The molecule has 0 saturated heterocycles. The van der Waals surface area contributed by atoms with Crippen molar-refractivity contribution in [1.29, 1.82) is 0 Å². The Morgan fingerprint density at radius 2 is 1.70 bits per heavy atom. The molecule has 2 rings (SSSR count). The number of hydrogen-bond donors (Lipinski definition) is 0. The Hall–Kier alpha value is -2.49. The molecule has 0 radical (unpaired) electrons. The zero-order valence-electron chi connectivity index (χ0n) is 11.8. The zero-order chi connectivity index (χ0) is 14.7. The maximum Gasteiger partial charge on any atom is 0.270 e. The van der Waals surface area contributed by atoms with Crippen LogP contribution < -0.4 is 0 Å². The summed E-state index contributed by atoms with van der Waals surface area (Å²) < 4.78 is 0. The molecule has 20 heavy (non-hydrogen) atoms. The molecule has 0 saturated carbocycles. The van der Waals surface area contributed by atoms with Crippen LogP contribution in [0.15, 0.2) is 47.5 Å². The zero-order valence-corrected chi connectivity index (χ0v) is 11.8. The van der Waals surface area contributed by atoms with Gasteiger partial charge in [0, 0.05) is 23.4 Å². The van der Waals surface area contributed by atoms with Gasteiger partial charge in [-0.3, -0.25) is 15.1 Å². The van der Waals surface area contributed by atoms with Crippen LogP contribution in [0.1, 0.15) is 23.6 Å². The van der Waals surface area contributed by atoms with Crippen molar-refractivity contribution in [2.45, 2.75) is 20.8 Å². The van der Waals surface area contributed by atoms with E-state index in [0.29, 0.717) is 0 Å². The lowest BCUT2D eigenvalue weighted by Crippen LogP contribution is -1.97. The number of hydrogen-bond acceptors (Lipinski definition) is 3. The molecule has 2 aromatic carbocycles. The molecule has 0 aliphatic rings. The van der Waals surface area contributed by atoms with E-state index in [-0.39, 0.29) is 5.69 Å². The Morgan fingerprint density at radius 1 is 1.10 bits per heavy atom. The fraction of sp³-hybridized carbons (Fsp3) is 0.188. The first-order valence-electron chi connectivity index (χ1n) is 6.35. The van der Waals surface area contributed by atoms with Gasteiger partial charge in [-0.25, -0.2) is 0 Å². The van der Waals surface area contributed by atoms with Crippen LogP contribution in [0, 0.1) is 24.0 Å². The molecule has 0 bridgehead atoms. The molecule has 0 aromatic heterocycles. The number of para-hydroxylation sites is 1. The van der Waals surface area contributed by atoms with Crippen LogP contribution in [-0.4, -0.2) is 10.6 Å². The molecule has 0 spiro atoms. The van der Waals surface area contributed by atoms with Gasteiger partial charge in [-0.2, -0.15) is 0 Å². The second kappa shape index (κ2) is 5.65. The normalized spacial score (nSPS) is 11.4. The lowest BCUT2D eigenvalue weighted by Gasteiger charge is -2.06. The summed E-state index contributed by atoms with van der Waals surface area (Å²) in [5.74, 6) is 0. The molecule has 2 aromatic rings. The van der Waals surface area contributed by atoms with Crippen LogP contribution in [0.5, 0.6) is 0 Å². The first kappa shape index (κ1) is 13.9. The van der Waals surface area contributed by atoms with Gasteiger partial charge in [0.1, 0.15) is 0 Å². The Labute approximate surface area is 117 Å². The number of non-ortho nitro benzene ring substituents is 1. The molecule has 0 amide bonds. The maximum absolute atomic E-state index is 10.8. The van der Waals surface area contributed by atoms with Crippen molar-refractivity contribution < 1.29 is 4.92 Å². The minimum Gasteiger partial charge on any atom is -0.258 e. The Kier molecular flexibility index (Phi) is 3.94. The number of nitro groups is 1. The summed E-state index contributed by atoms with van der Waals surface area (Å²) in [5.41, 5.74) is 4.73. The summed E-state index contributed by atoms with van der Waals surface area (Å²) in [6.45, 7) is 5.88. The first-order valence-corrected chi connectivity index (χ1v) is 6.35. The van der Waals surface area contributed by atoms with E-state index in [9.17, 15) is 10.1 Å². The van der Waals surface area contributed by atoms with Crippen molar-refractivity contribution in [2.24, 2.45) is 4.99 Å². The summed E-state index contributed by atoms with van der Waals surface area (Å²) in [7, 11) is 0. The van der Waals surface area contributed by atoms with Crippen LogP contribution in [0.25, 0.3) is 0 Å². The molecule has 4 nitrogen and oxygen atoms in total. The third kappa shape index (κ3) is 2.91. The highest BCUT2D eigenvalue weighted by atomic mass is 16.6. The summed E-state index contributed by atoms with van der Waals surface area (Å²) in [6, 6.07) is 12.5. The molecular formula is C16H16N2O2. The van der Waals surface area contributed by atoms with E-state index in [4.69, 9.17) is 0 Å². The van der Waals surface area contributed by atoms with E-state index in [0.717, 1.165) is 28.1 Å². The van der Waals surface area contributed by atoms with Crippen molar-refractivity contribution in [2.75, 3.05) is 0 Å². The molecule has 102 valence electrons. The monoisotopic (exact) mass is 268 g/mol. The van der Waals surface area contributed by atoms with Crippen molar-refractivity contribution in [3.63, 3.8) is 0 Å². The lowest BCUT2D eigenvalue weighted by molar-refractivity contribution is -0.384. The number of benzene rings is 2. The second-order valence-electron chi connectivity index (χ2n) is 4.75. The van der Waals surface area contributed by atoms with Crippen molar-refractivity contribution in [3.05, 3.63) is 69.3 Å². The smallest absolute Gasteiger partial charge is 0.258 e. The predicted octanol–water partition coefficient (Wildman–Crippen LogP) is 4.35. The highest BCUT2D eigenvalue weighted by molar-refractivity contribution is 6.01. The highest BCUT2D eigenvalue weighted by Gasteiger charge is 2.08. The quantitative estimate of drug-likeness (QED) is 0.472. The molecule has 0 atom stereocenters. The minimum atomic E-state index is -0.393. The number of rotatable bonds is 3. The summed E-state index contributed by atoms with van der Waals surface area (Å²) >= 11 is 0. The molecule has 0 fully saturated rings. The van der Waals surface area contributed by atoms with Crippen LogP contribution in [0.3, 0.4) is 0 Å². The van der Waals surface area contributed by atoms with E-state index in [1.165, 1.54) is 6.07 Å². The average molecular weight is 268 g/mol. The van der Waals surface area contributed by atoms with E-state index in [1.54, 1.807) is 12.1 Å². The maximum atomic E-state index is 10.8. The molecule has 0 aliphatic carbocycles. The van der Waals surface area contributed by atoms with E-state index >= 15 is 0 Å². The van der Waals surface area contributed by atoms with Gasteiger partial charge in [-0.05, 0) is 31.9 Å². The van der Waals surface area contributed by atoms with Crippen molar-refractivity contribution in [1.82, 2.24) is 0 Å². The van der Waals surface area contributed by atoms with Gasteiger partial charge in [0.15, 0.2) is 0 Å². The van der Waals surface area contributed by atoms with Gasteiger partial charge in [0.05, 0.1) is 10.6 Å². The standard InChI is InChI=1S/C16H16N2O2/c1-11-6-4-7-12(2)16(11)17-13(3)14-8-5-9-15(10-14)18(19)20/h4-10H,1-3H3. The van der Waals surface area contributed by atoms with Crippen LogP contribution >= 0.6 is 0 Å². The summed E-state index contributed by atoms with van der Waals surface area (Å²) in [6.07, 6.45) is 0. The van der Waals surface area contributed by atoms with Gasteiger partial charge in [0.2, 0.25) is 0 Å². The third-order valence-electron chi connectivity index (χ3n) is 3.19. The van der Waals surface area contributed by atoms with Crippen LogP contribution in [-0.2, 0) is 0 Å². The lowest BCUT2D eigenvalue weighted by atomic mass is 10.1. The minimum absolute atomic E-state index is 0.0820. The summed E-state index contributed by atoms with van der Waals surface area (Å²) in [4.78, 5) is 15.0. The molecule has 0 unspecified atom stereocenters. The number of aliphatic imine (C=N–C) groups is 1. The Balaban J connectivity index is 2.45. The Morgan fingerprint density at radius 3 is 2.30 bits per heavy atom. The predicted molar refractivity (Wildman–Crippen MR) is 80.9 cm³/mol. The highest BCUT2D eigenvalue weighted by Crippen LogP contribution is 2.24. The van der Waals surface area contributed by atoms with E-state index in [1.807, 2.05) is 45.0 Å². The van der Waals surface area contributed by atoms with Gasteiger partial charge in [-0.15, -0.1) is 0 Å². The van der Waals surface area contributed by atoms with Gasteiger partial charge in [-0.1, -0.05) is 30.3 Å². The fourth-order valence-electron chi connectivity index (χ4n) is 2.06. The van der Waals surface area contributed by atoms with Crippen LogP contribution in [0.2, 0.25) is 0 Å². The SMILES string of the molecule is CC(=Nc1c(C)cccc1C)c1cccc([N+](=O)[O-])c1. The third-order valence-corrected chi connectivity index (χ3v) is 3.19. The van der Waals surface area contributed by atoms with Gasteiger partial charge in [0.25, 0.3) is 5.69 Å². The Bertz CT molecular complexity index is 670. The second-order valence-corrected chi connectivity index (χ2v) is 4.75. The molecule has 4 heteroatoms. The molecular weight excluding hydrogens is 252 g/mol. The van der Waals surface area contributed by atoms with Crippen molar-refractivity contribution in [3.8, 4) is 0 Å². The van der Waals surface area contributed by atoms with Crippen LogP contribution in [0.4, 0.5) is 11.4 Å². The number of nitrogens with zero attached hydrogens (tertiary/aromatic N) is 2. The van der Waals surface area contributed by atoms with Gasteiger partial charge >= 0.3 is 0 Å². The summed E-state index contributed by atoms with van der Waals surface area (Å²) in [5, 5.41) is 10.8. The van der Waals surface area contributed by atoms with Crippen molar-refractivity contribution >= 4 is 17.1 Å². The van der Waals surface area contributed by atoms with E-state index < -0.39 is 4.92 Å². The molecule has 0 heterocycles. The average Bonchev–Trinajstić information content (AvgIpc) is 2.43. The molecule has 0 N–H and O–H groups in total.